The van der Waals surface area contributed by atoms with E-state index in [1.807, 2.05) is 0 Å². The summed E-state index contributed by atoms with van der Waals surface area (Å²) in [5.74, 6) is 0.429. The normalized spacial score (nSPS) is 10.2. The summed E-state index contributed by atoms with van der Waals surface area (Å²) in [5.41, 5.74) is 1.74. The van der Waals surface area contributed by atoms with Crippen LogP contribution in [-0.4, -0.2) is 16.8 Å². The van der Waals surface area contributed by atoms with Crippen LogP contribution in [0.2, 0.25) is 0 Å². The van der Waals surface area contributed by atoms with Crippen LogP contribution < -0.4 is 5.32 Å². The number of Topliss-reactive ketones (excluding diaryl/α,β-unsaturated/α-hetero) is 1. The van der Waals surface area contributed by atoms with E-state index in [9.17, 15) is 9.59 Å². The summed E-state index contributed by atoms with van der Waals surface area (Å²) in [7, 11) is 0. The van der Waals surface area contributed by atoms with Crippen molar-refractivity contribution in [1.29, 1.82) is 0 Å². The van der Waals surface area contributed by atoms with Crippen LogP contribution in [0.4, 0.5) is 5.69 Å². The van der Waals surface area contributed by atoms with Crippen molar-refractivity contribution in [2.75, 3.05) is 5.32 Å². The lowest BCUT2D eigenvalue weighted by molar-refractivity contribution is -0.115. The van der Waals surface area contributed by atoms with Crippen molar-refractivity contribution in [3.63, 3.8) is 0 Å². The molecule has 0 saturated carbocycles. The number of carbonyl (C=O) groups is 2. The summed E-state index contributed by atoms with van der Waals surface area (Å²) in [6.07, 6.45) is 0.141. The molecular weight excluding hydrogens is 244 g/mol. The maximum absolute atomic E-state index is 11.8. The molecule has 0 saturated heterocycles. The van der Waals surface area contributed by atoms with Crippen molar-refractivity contribution in [2.45, 2.75) is 20.3 Å². The number of aryl methyl sites for hydroxylation is 1. The number of amides is 1. The van der Waals surface area contributed by atoms with E-state index in [-0.39, 0.29) is 18.1 Å². The Morgan fingerprint density at radius 3 is 2.74 bits per heavy atom. The molecule has 0 fully saturated rings. The molecule has 2 rings (SSSR count). The molecule has 19 heavy (non-hydrogen) atoms. The number of anilines is 1. The Hall–Kier alpha value is -2.43. The van der Waals surface area contributed by atoms with Gasteiger partial charge in [-0.2, -0.15) is 0 Å². The average Bonchev–Trinajstić information content (AvgIpc) is 2.74. The molecule has 5 nitrogen and oxygen atoms in total. The van der Waals surface area contributed by atoms with Gasteiger partial charge < -0.3 is 9.84 Å². The predicted molar refractivity (Wildman–Crippen MR) is 70.0 cm³/mol. The molecule has 1 aromatic heterocycles. The van der Waals surface area contributed by atoms with Gasteiger partial charge in [-0.05, 0) is 26.0 Å². The SMILES string of the molecule is CC(=O)c1cccc(NC(=O)Cc2cc(C)on2)c1. The van der Waals surface area contributed by atoms with E-state index in [0.29, 0.717) is 22.7 Å². The van der Waals surface area contributed by atoms with Gasteiger partial charge in [-0.1, -0.05) is 17.3 Å². The zero-order valence-electron chi connectivity index (χ0n) is 10.8. The van der Waals surface area contributed by atoms with Gasteiger partial charge in [-0.25, -0.2) is 0 Å². The molecule has 0 bridgehead atoms. The number of rotatable bonds is 4. The molecule has 1 heterocycles. The zero-order valence-corrected chi connectivity index (χ0v) is 10.8. The smallest absolute Gasteiger partial charge is 0.230 e. The summed E-state index contributed by atoms with van der Waals surface area (Å²) in [5, 5.41) is 6.48. The maximum atomic E-state index is 11.8. The first-order chi connectivity index (χ1) is 9.04. The number of benzene rings is 1. The third-order valence-electron chi connectivity index (χ3n) is 2.57. The van der Waals surface area contributed by atoms with Crippen molar-refractivity contribution in [1.82, 2.24) is 5.16 Å². The average molecular weight is 258 g/mol. The van der Waals surface area contributed by atoms with Gasteiger partial charge in [0.05, 0.1) is 12.1 Å². The molecule has 2 aromatic rings. The molecule has 0 aliphatic carbocycles. The molecule has 0 aliphatic rings. The fourth-order valence-electron chi connectivity index (χ4n) is 1.69. The van der Waals surface area contributed by atoms with E-state index in [0.717, 1.165) is 0 Å². The van der Waals surface area contributed by atoms with Crippen LogP contribution in [0.1, 0.15) is 28.7 Å². The quantitative estimate of drug-likeness (QED) is 0.854. The molecule has 98 valence electrons. The Balaban J connectivity index is 2.02. The van der Waals surface area contributed by atoms with Gasteiger partial charge in [0.25, 0.3) is 0 Å². The molecule has 5 heteroatoms. The van der Waals surface area contributed by atoms with Crippen molar-refractivity contribution in [2.24, 2.45) is 0 Å². The Morgan fingerprint density at radius 1 is 1.32 bits per heavy atom. The first-order valence-electron chi connectivity index (χ1n) is 5.87. The van der Waals surface area contributed by atoms with E-state index >= 15 is 0 Å². The van der Waals surface area contributed by atoms with Gasteiger partial charge in [0.15, 0.2) is 5.78 Å². The van der Waals surface area contributed by atoms with E-state index in [1.54, 1.807) is 37.3 Å². The van der Waals surface area contributed by atoms with Gasteiger partial charge in [-0.3, -0.25) is 9.59 Å². The minimum Gasteiger partial charge on any atom is -0.361 e. The van der Waals surface area contributed by atoms with E-state index in [2.05, 4.69) is 10.5 Å². The van der Waals surface area contributed by atoms with Crippen LogP contribution in [0.3, 0.4) is 0 Å². The molecule has 0 atom stereocenters. The minimum absolute atomic E-state index is 0.0387. The molecule has 0 unspecified atom stereocenters. The number of hydrogen-bond donors (Lipinski definition) is 1. The Kier molecular flexibility index (Phi) is 3.75. The topological polar surface area (TPSA) is 72.2 Å². The third kappa shape index (κ3) is 3.51. The van der Waals surface area contributed by atoms with Gasteiger partial charge in [0.2, 0.25) is 5.91 Å². The second-order valence-electron chi connectivity index (χ2n) is 4.29. The second kappa shape index (κ2) is 5.48. The number of nitrogens with zero attached hydrogens (tertiary/aromatic N) is 1. The van der Waals surface area contributed by atoms with Crippen molar-refractivity contribution in [3.05, 3.63) is 47.3 Å². The molecular formula is C14H14N2O3. The van der Waals surface area contributed by atoms with E-state index < -0.39 is 0 Å². The van der Waals surface area contributed by atoms with Crippen LogP contribution in [-0.2, 0) is 11.2 Å². The van der Waals surface area contributed by atoms with Crippen LogP contribution >= 0.6 is 0 Å². The fraction of sp³-hybridized carbons (Fsp3) is 0.214. The summed E-state index contributed by atoms with van der Waals surface area (Å²) in [6.45, 7) is 3.25. The number of nitrogens with one attached hydrogen (secondary N) is 1. The van der Waals surface area contributed by atoms with Crippen molar-refractivity contribution >= 4 is 17.4 Å². The summed E-state index contributed by atoms with van der Waals surface area (Å²) in [4.78, 5) is 23.0. The fourth-order valence-corrected chi connectivity index (χ4v) is 1.69. The Morgan fingerprint density at radius 2 is 2.11 bits per heavy atom. The van der Waals surface area contributed by atoms with Crippen LogP contribution in [0.5, 0.6) is 0 Å². The Labute approximate surface area is 110 Å². The number of aromatic nitrogens is 1. The molecule has 1 N–H and O–H groups in total. The highest BCUT2D eigenvalue weighted by Gasteiger charge is 2.08. The molecule has 0 radical (unpaired) electrons. The zero-order chi connectivity index (χ0) is 13.8. The number of hydrogen-bond acceptors (Lipinski definition) is 4. The van der Waals surface area contributed by atoms with Gasteiger partial charge in [0.1, 0.15) is 5.76 Å². The number of ketones is 1. The monoisotopic (exact) mass is 258 g/mol. The van der Waals surface area contributed by atoms with E-state index in [4.69, 9.17) is 4.52 Å². The lowest BCUT2D eigenvalue weighted by Crippen LogP contribution is -2.14. The standard InChI is InChI=1S/C14H14N2O3/c1-9-6-13(16-19-9)8-14(18)15-12-5-3-4-11(7-12)10(2)17/h3-7H,8H2,1-2H3,(H,15,18). The predicted octanol–water partition coefficient (Wildman–Crippen LogP) is 2.37. The second-order valence-corrected chi connectivity index (χ2v) is 4.29. The molecule has 0 spiro atoms. The van der Waals surface area contributed by atoms with Gasteiger partial charge in [-0.15, -0.1) is 0 Å². The van der Waals surface area contributed by atoms with Crippen molar-refractivity contribution in [3.8, 4) is 0 Å². The molecule has 0 aliphatic heterocycles. The first-order valence-corrected chi connectivity index (χ1v) is 5.87. The molecule has 1 aromatic carbocycles. The maximum Gasteiger partial charge on any atom is 0.230 e. The first kappa shape index (κ1) is 13.0. The third-order valence-corrected chi connectivity index (χ3v) is 2.57. The summed E-state index contributed by atoms with van der Waals surface area (Å²) in [6, 6.07) is 8.53. The van der Waals surface area contributed by atoms with Crippen molar-refractivity contribution < 1.29 is 14.1 Å². The van der Waals surface area contributed by atoms with Crippen LogP contribution in [0.25, 0.3) is 0 Å². The summed E-state index contributed by atoms with van der Waals surface area (Å²) < 4.78 is 4.89. The Bertz CT molecular complexity index is 617. The lowest BCUT2D eigenvalue weighted by atomic mass is 10.1. The minimum atomic E-state index is -0.200. The lowest BCUT2D eigenvalue weighted by Gasteiger charge is -2.05. The van der Waals surface area contributed by atoms with Crippen LogP contribution in [0, 0.1) is 6.92 Å². The van der Waals surface area contributed by atoms with E-state index in [1.165, 1.54) is 6.92 Å². The highest BCUT2D eigenvalue weighted by atomic mass is 16.5. The molecule has 1 amide bonds. The van der Waals surface area contributed by atoms with Crippen LogP contribution in [0.15, 0.2) is 34.9 Å². The van der Waals surface area contributed by atoms with Gasteiger partial charge >= 0.3 is 0 Å². The number of carbonyl (C=O) groups excluding carboxylic acids is 2. The summed E-state index contributed by atoms with van der Waals surface area (Å²) >= 11 is 0. The highest BCUT2D eigenvalue weighted by Crippen LogP contribution is 2.12. The largest absolute Gasteiger partial charge is 0.361 e. The highest BCUT2D eigenvalue weighted by molar-refractivity contribution is 5.97. The van der Waals surface area contributed by atoms with Gasteiger partial charge in [0, 0.05) is 17.3 Å².